The zero-order chi connectivity index (χ0) is 22.1. The van der Waals surface area contributed by atoms with E-state index in [0.29, 0.717) is 4.57 Å². The maximum Gasteiger partial charge on any atom is 0.336 e. The summed E-state index contributed by atoms with van der Waals surface area (Å²) in [7, 11) is 0. The van der Waals surface area contributed by atoms with E-state index >= 15 is 0 Å². The van der Waals surface area contributed by atoms with Gasteiger partial charge < -0.3 is 5.32 Å². The van der Waals surface area contributed by atoms with Crippen molar-refractivity contribution < 1.29 is 13.6 Å². The van der Waals surface area contributed by atoms with E-state index in [2.05, 4.69) is 5.32 Å². The summed E-state index contributed by atoms with van der Waals surface area (Å²) in [5, 5.41) is 4.32. The summed E-state index contributed by atoms with van der Waals surface area (Å²) in [6, 6.07) is 11.7. The molecule has 0 aliphatic rings. The van der Waals surface area contributed by atoms with Crippen molar-refractivity contribution >= 4 is 27.5 Å². The van der Waals surface area contributed by atoms with Crippen LogP contribution in [-0.2, 0) is 17.9 Å². The Labute approximate surface area is 179 Å². The zero-order valence-corrected chi connectivity index (χ0v) is 17.2. The van der Waals surface area contributed by atoms with E-state index in [-0.39, 0.29) is 23.3 Å². The number of aryl methyl sites for hydroxylation is 1. The lowest BCUT2D eigenvalue weighted by Crippen LogP contribution is -2.41. The second kappa shape index (κ2) is 8.27. The molecule has 1 N–H and O–H groups in total. The van der Waals surface area contributed by atoms with Crippen molar-refractivity contribution in [3.63, 3.8) is 0 Å². The molecule has 4 rings (SSSR count). The summed E-state index contributed by atoms with van der Waals surface area (Å²) in [6.07, 6.45) is 0. The van der Waals surface area contributed by atoms with E-state index in [0.717, 1.165) is 45.2 Å². The molecule has 2 heterocycles. The molecule has 9 heteroatoms. The number of carbonyl (C=O) groups excluding carboxylic acids is 1. The Kier molecular flexibility index (Phi) is 5.51. The van der Waals surface area contributed by atoms with Crippen LogP contribution in [0, 0.1) is 18.6 Å². The van der Waals surface area contributed by atoms with Crippen LogP contribution in [0.1, 0.15) is 11.1 Å². The van der Waals surface area contributed by atoms with E-state index in [1.54, 1.807) is 11.4 Å². The Bertz CT molecular complexity index is 1400. The minimum absolute atomic E-state index is 0.162. The van der Waals surface area contributed by atoms with Crippen LogP contribution >= 0.6 is 11.3 Å². The summed E-state index contributed by atoms with van der Waals surface area (Å²) >= 11 is 1.05. The molecule has 2 aromatic carbocycles. The van der Waals surface area contributed by atoms with Crippen LogP contribution in [0.15, 0.2) is 63.5 Å². The summed E-state index contributed by atoms with van der Waals surface area (Å²) in [5.74, 6) is -2.18. The van der Waals surface area contributed by atoms with Crippen LogP contribution in [0.4, 0.5) is 8.78 Å². The van der Waals surface area contributed by atoms with Crippen molar-refractivity contribution in [1.82, 2.24) is 14.5 Å². The molecule has 158 valence electrons. The predicted octanol–water partition coefficient (Wildman–Crippen LogP) is 3.12. The molecular weight excluding hydrogens is 424 g/mol. The Balaban J connectivity index is 1.72. The molecule has 2 aromatic heterocycles. The van der Waals surface area contributed by atoms with Gasteiger partial charge in [0.25, 0.3) is 5.56 Å². The SMILES string of the molecule is Cc1ccc(CNC(=O)Cn2c(=O)n(-c3cc(F)ccc3F)c(=O)c3sccc32)cc1. The molecule has 0 aliphatic carbocycles. The predicted molar refractivity (Wildman–Crippen MR) is 115 cm³/mol. The standard InChI is InChI=1S/C22H17F2N3O3S/c1-13-2-4-14(5-3-13)11-25-19(28)12-26-17-8-9-31-20(17)21(29)27(22(26)30)18-10-15(23)6-7-16(18)24/h2-10H,11-12H2,1H3,(H,25,28). The average molecular weight is 441 g/mol. The van der Waals surface area contributed by atoms with Crippen LogP contribution in [0.5, 0.6) is 0 Å². The van der Waals surface area contributed by atoms with Gasteiger partial charge in [0.2, 0.25) is 5.91 Å². The summed E-state index contributed by atoms with van der Waals surface area (Å²) in [6.45, 7) is 1.84. The number of nitrogens with one attached hydrogen (secondary N) is 1. The molecule has 0 unspecified atom stereocenters. The fourth-order valence-corrected chi connectivity index (χ4v) is 4.04. The molecule has 0 fully saturated rings. The fraction of sp³-hybridized carbons (Fsp3) is 0.136. The van der Waals surface area contributed by atoms with Crippen molar-refractivity contribution in [3.05, 3.63) is 97.5 Å². The van der Waals surface area contributed by atoms with Crippen LogP contribution in [0.25, 0.3) is 15.9 Å². The van der Waals surface area contributed by atoms with Crippen molar-refractivity contribution in [1.29, 1.82) is 0 Å². The smallest absolute Gasteiger partial charge is 0.336 e. The van der Waals surface area contributed by atoms with Gasteiger partial charge in [-0.3, -0.25) is 14.2 Å². The number of benzene rings is 2. The van der Waals surface area contributed by atoms with Gasteiger partial charge >= 0.3 is 5.69 Å². The Morgan fingerprint density at radius 3 is 2.55 bits per heavy atom. The number of hydrogen-bond acceptors (Lipinski definition) is 4. The first kappa shape index (κ1) is 20.7. The summed E-state index contributed by atoms with van der Waals surface area (Å²) in [5.41, 5.74) is 0.0476. The van der Waals surface area contributed by atoms with Gasteiger partial charge in [0.15, 0.2) is 0 Å². The minimum atomic E-state index is -0.925. The lowest BCUT2D eigenvalue weighted by atomic mass is 10.1. The number of carbonyl (C=O) groups is 1. The number of hydrogen-bond donors (Lipinski definition) is 1. The van der Waals surface area contributed by atoms with Crippen LogP contribution < -0.4 is 16.6 Å². The lowest BCUT2D eigenvalue weighted by Gasteiger charge is -2.13. The number of halogens is 2. The molecule has 4 aromatic rings. The van der Waals surface area contributed by atoms with Gasteiger partial charge in [-0.2, -0.15) is 0 Å². The van der Waals surface area contributed by atoms with E-state index < -0.39 is 34.5 Å². The fourth-order valence-electron chi connectivity index (χ4n) is 3.22. The second-order valence-corrected chi connectivity index (χ2v) is 7.92. The highest BCUT2D eigenvalue weighted by molar-refractivity contribution is 7.17. The first-order valence-corrected chi connectivity index (χ1v) is 10.2. The monoisotopic (exact) mass is 441 g/mol. The second-order valence-electron chi connectivity index (χ2n) is 7.00. The molecule has 0 saturated heterocycles. The van der Waals surface area contributed by atoms with Crippen molar-refractivity contribution in [2.45, 2.75) is 20.0 Å². The third-order valence-corrected chi connectivity index (χ3v) is 5.71. The molecule has 1 amide bonds. The highest BCUT2D eigenvalue weighted by atomic mass is 32.1. The largest absolute Gasteiger partial charge is 0.350 e. The van der Waals surface area contributed by atoms with Gasteiger partial charge in [-0.05, 0) is 36.1 Å². The van der Waals surface area contributed by atoms with Gasteiger partial charge in [0.05, 0.1) is 11.2 Å². The number of amides is 1. The molecule has 0 saturated carbocycles. The third kappa shape index (κ3) is 4.04. The van der Waals surface area contributed by atoms with Crippen molar-refractivity contribution in [3.8, 4) is 5.69 Å². The highest BCUT2D eigenvalue weighted by Crippen LogP contribution is 2.18. The van der Waals surface area contributed by atoms with Gasteiger partial charge in [-0.1, -0.05) is 29.8 Å². The van der Waals surface area contributed by atoms with Gasteiger partial charge in [-0.15, -0.1) is 11.3 Å². The van der Waals surface area contributed by atoms with Gasteiger partial charge in [-0.25, -0.2) is 18.1 Å². The van der Waals surface area contributed by atoms with E-state index in [1.165, 1.54) is 0 Å². The highest BCUT2D eigenvalue weighted by Gasteiger charge is 2.19. The molecule has 0 atom stereocenters. The molecule has 0 aliphatic heterocycles. The first-order chi connectivity index (χ1) is 14.8. The number of rotatable bonds is 5. The number of fused-ring (bicyclic) bond motifs is 1. The summed E-state index contributed by atoms with van der Waals surface area (Å²) in [4.78, 5) is 38.4. The van der Waals surface area contributed by atoms with Crippen molar-refractivity contribution in [2.75, 3.05) is 0 Å². The van der Waals surface area contributed by atoms with Gasteiger partial charge in [0.1, 0.15) is 22.9 Å². The number of nitrogens with zero attached hydrogens (tertiary/aromatic N) is 2. The van der Waals surface area contributed by atoms with Crippen LogP contribution in [0.2, 0.25) is 0 Å². The molecular formula is C22H17F2N3O3S. The Morgan fingerprint density at radius 2 is 1.81 bits per heavy atom. The minimum Gasteiger partial charge on any atom is -0.350 e. The maximum atomic E-state index is 14.3. The van der Waals surface area contributed by atoms with Crippen LogP contribution in [-0.4, -0.2) is 15.0 Å². The molecule has 0 bridgehead atoms. The van der Waals surface area contributed by atoms with E-state index in [4.69, 9.17) is 0 Å². The lowest BCUT2D eigenvalue weighted by molar-refractivity contribution is -0.121. The molecule has 6 nitrogen and oxygen atoms in total. The quantitative estimate of drug-likeness (QED) is 0.517. The average Bonchev–Trinajstić information content (AvgIpc) is 3.23. The Hall–Kier alpha value is -3.59. The van der Waals surface area contributed by atoms with Crippen molar-refractivity contribution in [2.24, 2.45) is 0 Å². The van der Waals surface area contributed by atoms with Crippen LogP contribution in [0.3, 0.4) is 0 Å². The van der Waals surface area contributed by atoms with E-state index in [1.807, 2.05) is 31.2 Å². The maximum absolute atomic E-state index is 14.3. The van der Waals surface area contributed by atoms with E-state index in [9.17, 15) is 23.2 Å². The van der Waals surface area contributed by atoms with Gasteiger partial charge in [0, 0.05) is 12.6 Å². The zero-order valence-electron chi connectivity index (χ0n) is 16.4. The summed E-state index contributed by atoms with van der Waals surface area (Å²) < 4.78 is 29.8. The molecule has 0 radical (unpaired) electrons. The number of thiophene rings is 1. The topological polar surface area (TPSA) is 73.1 Å². The third-order valence-electron chi connectivity index (χ3n) is 4.82. The first-order valence-electron chi connectivity index (χ1n) is 9.36. The molecule has 0 spiro atoms. The Morgan fingerprint density at radius 1 is 1.06 bits per heavy atom. The molecule has 31 heavy (non-hydrogen) atoms. The normalized spacial score (nSPS) is 11.1. The number of aromatic nitrogens is 2.